The molecule has 0 radical (unpaired) electrons. The van der Waals surface area contributed by atoms with Crippen molar-refractivity contribution in [1.82, 2.24) is 5.32 Å². The van der Waals surface area contributed by atoms with Crippen molar-refractivity contribution in [2.75, 3.05) is 18.1 Å². The lowest BCUT2D eigenvalue weighted by molar-refractivity contribution is -0.125. The molecule has 1 aliphatic rings. The summed E-state index contributed by atoms with van der Waals surface area (Å²) in [5.74, 6) is 1.62. The summed E-state index contributed by atoms with van der Waals surface area (Å²) in [6.45, 7) is 0.278. The van der Waals surface area contributed by atoms with Gasteiger partial charge in [0.15, 0.2) is 0 Å². The second-order valence-electron chi connectivity index (χ2n) is 3.24. The Morgan fingerprint density at radius 1 is 1.77 bits per heavy atom. The quantitative estimate of drug-likeness (QED) is 0.567. The van der Waals surface area contributed by atoms with Crippen LogP contribution < -0.4 is 11.1 Å². The van der Waals surface area contributed by atoms with E-state index in [-0.39, 0.29) is 6.54 Å². The highest BCUT2D eigenvalue weighted by atomic mass is 32.2. The lowest BCUT2D eigenvalue weighted by atomic mass is 10.2. The molecule has 0 bridgehead atoms. The van der Waals surface area contributed by atoms with Crippen LogP contribution in [0.25, 0.3) is 0 Å². The van der Waals surface area contributed by atoms with Gasteiger partial charge < -0.3 is 16.2 Å². The normalized spacial score (nSPS) is 25.5. The number of nitrogens with two attached hydrogens (primary N) is 1. The lowest BCUT2D eigenvalue weighted by Gasteiger charge is -2.23. The van der Waals surface area contributed by atoms with Crippen molar-refractivity contribution in [2.45, 2.75) is 25.0 Å². The third kappa shape index (κ3) is 3.97. The minimum absolute atomic E-state index is 0.278. The predicted molar refractivity (Wildman–Crippen MR) is 53.6 cm³/mol. The van der Waals surface area contributed by atoms with Crippen molar-refractivity contribution >= 4 is 17.7 Å². The highest BCUT2D eigenvalue weighted by molar-refractivity contribution is 7.99. The van der Waals surface area contributed by atoms with E-state index in [1.54, 1.807) is 0 Å². The van der Waals surface area contributed by atoms with Gasteiger partial charge in [0.25, 0.3) is 0 Å². The molecule has 2 unspecified atom stereocenters. The number of thioether (sulfide) groups is 1. The first-order chi connectivity index (χ1) is 6.20. The Labute approximate surface area is 82.3 Å². The van der Waals surface area contributed by atoms with Gasteiger partial charge in [-0.3, -0.25) is 4.79 Å². The van der Waals surface area contributed by atoms with Gasteiger partial charge in [-0.05, 0) is 18.6 Å². The summed E-state index contributed by atoms with van der Waals surface area (Å²) in [6.07, 6.45) is 1.28. The number of hydrogen-bond acceptors (Lipinski definition) is 4. The minimum atomic E-state index is -1.05. The van der Waals surface area contributed by atoms with E-state index in [9.17, 15) is 4.79 Å². The second kappa shape index (κ2) is 5.47. The van der Waals surface area contributed by atoms with Crippen LogP contribution in [-0.2, 0) is 4.79 Å². The zero-order chi connectivity index (χ0) is 9.68. The highest BCUT2D eigenvalue weighted by Crippen LogP contribution is 2.16. The van der Waals surface area contributed by atoms with Crippen molar-refractivity contribution in [3.63, 3.8) is 0 Å². The minimum Gasteiger partial charge on any atom is -0.382 e. The summed E-state index contributed by atoms with van der Waals surface area (Å²) in [5, 5.41) is 12.2. The largest absolute Gasteiger partial charge is 0.382 e. The molecule has 0 spiro atoms. The van der Waals surface area contributed by atoms with Crippen LogP contribution in [0.3, 0.4) is 0 Å². The van der Waals surface area contributed by atoms with E-state index in [4.69, 9.17) is 10.8 Å². The summed E-state index contributed by atoms with van der Waals surface area (Å²) in [4.78, 5) is 10.5. The topological polar surface area (TPSA) is 75.4 Å². The first kappa shape index (κ1) is 10.8. The monoisotopic (exact) mass is 204 g/mol. The molecule has 4 N–H and O–H groups in total. The Morgan fingerprint density at radius 2 is 2.54 bits per heavy atom. The van der Waals surface area contributed by atoms with Gasteiger partial charge in [0.05, 0.1) is 0 Å². The van der Waals surface area contributed by atoms with E-state index >= 15 is 0 Å². The van der Waals surface area contributed by atoms with E-state index < -0.39 is 12.0 Å². The standard InChI is InChI=1S/C8H16N2O2S/c9-8(12)7(11)4-10-6-2-1-3-13-5-6/h6-7,10-11H,1-5H2,(H2,9,12). The fraction of sp³-hybridized carbons (Fsp3) is 0.875. The van der Waals surface area contributed by atoms with E-state index in [0.717, 1.165) is 12.2 Å². The molecule has 76 valence electrons. The number of nitrogens with one attached hydrogen (secondary N) is 1. The van der Waals surface area contributed by atoms with E-state index in [1.165, 1.54) is 12.2 Å². The Hall–Kier alpha value is -0.260. The molecule has 0 aliphatic carbocycles. The predicted octanol–water partition coefficient (Wildman–Crippen LogP) is -0.682. The van der Waals surface area contributed by atoms with Gasteiger partial charge in [-0.2, -0.15) is 11.8 Å². The van der Waals surface area contributed by atoms with Crippen molar-refractivity contribution in [3.05, 3.63) is 0 Å². The lowest BCUT2D eigenvalue weighted by Crippen LogP contribution is -2.43. The third-order valence-electron chi connectivity index (χ3n) is 2.09. The van der Waals surface area contributed by atoms with Gasteiger partial charge in [-0.15, -0.1) is 0 Å². The molecule has 4 nitrogen and oxygen atoms in total. The number of rotatable bonds is 4. The number of carbonyl (C=O) groups excluding carboxylic acids is 1. The zero-order valence-electron chi connectivity index (χ0n) is 7.53. The first-order valence-corrected chi connectivity index (χ1v) is 5.64. The van der Waals surface area contributed by atoms with Crippen LogP contribution >= 0.6 is 11.8 Å². The second-order valence-corrected chi connectivity index (χ2v) is 4.39. The molecule has 0 aromatic heterocycles. The highest BCUT2D eigenvalue weighted by Gasteiger charge is 2.16. The van der Waals surface area contributed by atoms with Crippen LogP contribution in [0.1, 0.15) is 12.8 Å². The SMILES string of the molecule is NC(=O)C(O)CNC1CCCSC1. The molecule has 0 aromatic rings. The molecular weight excluding hydrogens is 188 g/mol. The molecule has 0 saturated carbocycles. The van der Waals surface area contributed by atoms with Crippen LogP contribution in [-0.4, -0.2) is 41.2 Å². The Kier molecular flexibility index (Phi) is 4.55. The van der Waals surface area contributed by atoms with E-state index in [0.29, 0.717) is 6.04 Å². The number of hydrogen-bond donors (Lipinski definition) is 3. The number of amides is 1. The van der Waals surface area contributed by atoms with Gasteiger partial charge in [0, 0.05) is 18.3 Å². The van der Waals surface area contributed by atoms with Gasteiger partial charge in [0.2, 0.25) is 5.91 Å². The fourth-order valence-electron chi connectivity index (χ4n) is 1.28. The number of carbonyl (C=O) groups is 1. The summed E-state index contributed by atoms with van der Waals surface area (Å²) in [6, 6.07) is 0.424. The van der Waals surface area contributed by atoms with Gasteiger partial charge >= 0.3 is 0 Å². The van der Waals surface area contributed by atoms with Gasteiger partial charge in [-0.1, -0.05) is 0 Å². The molecule has 1 aliphatic heterocycles. The molecule has 0 aromatic carbocycles. The molecule has 1 saturated heterocycles. The van der Waals surface area contributed by atoms with Gasteiger partial charge in [-0.25, -0.2) is 0 Å². The summed E-state index contributed by atoms with van der Waals surface area (Å²) in [7, 11) is 0. The van der Waals surface area contributed by atoms with E-state index in [2.05, 4.69) is 5.32 Å². The molecular formula is C8H16N2O2S. The first-order valence-electron chi connectivity index (χ1n) is 4.48. The number of aliphatic hydroxyl groups excluding tert-OH is 1. The molecule has 5 heteroatoms. The number of primary amides is 1. The van der Waals surface area contributed by atoms with Crippen molar-refractivity contribution in [2.24, 2.45) is 5.73 Å². The Morgan fingerprint density at radius 3 is 3.08 bits per heavy atom. The van der Waals surface area contributed by atoms with Crippen molar-refractivity contribution < 1.29 is 9.90 Å². The smallest absolute Gasteiger partial charge is 0.247 e. The average molecular weight is 204 g/mol. The fourth-order valence-corrected chi connectivity index (χ4v) is 2.39. The molecule has 1 heterocycles. The Bertz CT molecular complexity index is 172. The van der Waals surface area contributed by atoms with Crippen LogP contribution in [0.2, 0.25) is 0 Å². The average Bonchev–Trinajstić information content (AvgIpc) is 2.15. The van der Waals surface area contributed by atoms with E-state index in [1.807, 2.05) is 11.8 Å². The van der Waals surface area contributed by atoms with Crippen LogP contribution in [0.15, 0.2) is 0 Å². The summed E-state index contributed by atoms with van der Waals surface area (Å²) >= 11 is 1.90. The van der Waals surface area contributed by atoms with Gasteiger partial charge in [0.1, 0.15) is 6.10 Å². The van der Waals surface area contributed by atoms with Crippen LogP contribution in [0, 0.1) is 0 Å². The van der Waals surface area contributed by atoms with Crippen molar-refractivity contribution in [1.29, 1.82) is 0 Å². The summed E-state index contributed by atoms with van der Waals surface area (Å²) < 4.78 is 0. The maximum absolute atomic E-state index is 10.5. The van der Waals surface area contributed by atoms with Crippen molar-refractivity contribution in [3.8, 4) is 0 Å². The molecule has 2 atom stereocenters. The third-order valence-corrected chi connectivity index (χ3v) is 3.30. The Balaban J connectivity index is 2.13. The van der Waals surface area contributed by atoms with Crippen LogP contribution in [0.4, 0.5) is 0 Å². The summed E-state index contributed by atoms with van der Waals surface area (Å²) in [5.41, 5.74) is 4.92. The molecule has 13 heavy (non-hydrogen) atoms. The van der Waals surface area contributed by atoms with Crippen LogP contribution in [0.5, 0.6) is 0 Å². The molecule has 1 amide bonds. The number of aliphatic hydroxyl groups is 1. The maximum atomic E-state index is 10.5. The molecule has 1 rings (SSSR count). The molecule has 1 fully saturated rings. The zero-order valence-corrected chi connectivity index (χ0v) is 8.35. The maximum Gasteiger partial charge on any atom is 0.247 e.